The van der Waals surface area contributed by atoms with Gasteiger partial charge in [0.15, 0.2) is 5.67 Å². The van der Waals surface area contributed by atoms with Gasteiger partial charge in [-0.25, -0.2) is 13.2 Å². The van der Waals surface area contributed by atoms with Crippen molar-refractivity contribution in [3.8, 4) is 0 Å². The largest absolute Gasteiger partial charge is 0.233 e. The molecule has 1 aliphatic rings. The Morgan fingerprint density at radius 1 is 0.923 bits per heavy atom. The molecule has 26 heavy (non-hydrogen) atoms. The minimum Gasteiger partial charge on any atom is -0.233 e. The third kappa shape index (κ3) is 3.92. The van der Waals surface area contributed by atoms with E-state index in [1.807, 2.05) is 12.1 Å². The van der Waals surface area contributed by atoms with Gasteiger partial charge < -0.3 is 0 Å². The first-order valence-corrected chi connectivity index (χ1v) is 9.15. The molecule has 2 aromatic carbocycles. The number of halogens is 3. The van der Waals surface area contributed by atoms with Gasteiger partial charge in [-0.1, -0.05) is 56.2 Å². The van der Waals surface area contributed by atoms with Crippen LogP contribution in [-0.2, 0) is 12.1 Å². The van der Waals surface area contributed by atoms with E-state index in [4.69, 9.17) is 0 Å². The minimum absolute atomic E-state index is 0.0722. The summed E-state index contributed by atoms with van der Waals surface area (Å²) in [7, 11) is 0. The van der Waals surface area contributed by atoms with Gasteiger partial charge in [-0.15, -0.1) is 0 Å². The number of aryl methyl sites for hydroxylation is 1. The highest BCUT2D eigenvalue weighted by Crippen LogP contribution is 2.46. The van der Waals surface area contributed by atoms with E-state index in [0.29, 0.717) is 11.1 Å². The maximum Gasteiger partial charge on any atom is 0.165 e. The summed E-state index contributed by atoms with van der Waals surface area (Å²) >= 11 is 0. The second-order valence-corrected chi connectivity index (χ2v) is 6.81. The lowest BCUT2D eigenvalue weighted by Gasteiger charge is -2.30. The SMILES string of the molecule is CCCCCc1ccc(C2(F)CC=C(F)C=C2c2ccc(F)cc2)cc1. The first-order valence-electron chi connectivity index (χ1n) is 9.15. The smallest absolute Gasteiger partial charge is 0.165 e. The fourth-order valence-corrected chi connectivity index (χ4v) is 3.39. The topological polar surface area (TPSA) is 0 Å². The zero-order valence-corrected chi connectivity index (χ0v) is 14.9. The number of hydrogen-bond donors (Lipinski definition) is 0. The van der Waals surface area contributed by atoms with Crippen LogP contribution in [0.2, 0.25) is 0 Å². The van der Waals surface area contributed by atoms with Gasteiger partial charge in [0.25, 0.3) is 0 Å². The summed E-state index contributed by atoms with van der Waals surface area (Å²) in [6.07, 6.45) is 6.84. The average Bonchev–Trinajstić information content (AvgIpc) is 2.65. The Labute approximate surface area is 153 Å². The first-order chi connectivity index (χ1) is 12.5. The number of unbranched alkanes of at least 4 members (excludes halogenated alkanes) is 2. The van der Waals surface area contributed by atoms with Gasteiger partial charge in [0.1, 0.15) is 11.6 Å². The van der Waals surface area contributed by atoms with Crippen LogP contribution in [-0.4, -0.2) is 0 Å². The van der Waals surface area contributed by atoms with Gasteiger partial charge in [-0.3, -0.25) is 0 Å². The lowest BCUT2D eigenvalue weighted by molar-refractivity contribution is 0.247. The van der Waals surface area contributed by atoms with E-state index in [2.05, 4.69) is 6.92 Å². The molecule has 0 spiro atoms. The molecular weight excluding hydrogens is 333 g/mol. The van der Waals surface area contributed by atoms with E-state index in [0.717, 1.165) is 19.3 Å². The van der Waals surface area contributed by atoms with Crippen LogP contribution in [0.25, 0.3) is 5.57 Å². The van der Waals surface area contributed by atoms with E-state index in [1.165, 1.54) is 48.4 Å². The maximum atomic E-state index is 16.0. The monoisotopic (exact) mass is 356 g/mol. The highest BCUT2D eigenvalue weighted by Gasteiger charge is 2.38. The van der Waals surface area contributed by atoms with Gasteiger partial charge in [-0.05, 0) is 53.8 Å². The predicted molar refractivity (Wildman–Crippen MR) is 101 cm³/mol. The van der Waals surface area contributed by atoms with Crippen LogP contribution in [0.1, 0.15) is 49.3 Å². The van der Waals surface area contributed by atoms with E-state index in [1.54, 1.807) is 12.1 Å². The van der Waals surface area contributed by atoms with E-state index in [-0.39, 0.29) is 12.0 Å². The fraction of sp³-hybridized carbons (Fsp3) is 0.304. The van der Waals surface area contributed by atoms with Crippen molar-refractivity contribution in [1.29, 1.82) is 0 Å². The van der Waals surface area contributed by atoms with Crippen molar-refractivity contribution in [1.82, 2.24) is 0 Å². The van der Waals surface area contributed by atoms with E-state index >= 15 is 4.39 Å². The molecule has 0 heterocycles. The molecule has 0 bridgehead atoms. The van der Waals surface area contributed by atoms with Crippen molar-refractivity contribution in [2.45, 2.75) is 44.7 Å². The van der Waals surface area contributed by atoms with Crippen LogP contribution in [0, 0.1) is 5.82 Å². The molecule has 3 heteroatoms. The molecular formula is C23H23F3. The molecule has 1 aliphatic carbocycles. The summed E-state index contributed by atoms with van der Waals surface area (Å²) in [5.41, 5.74) is 0.571. The molecule has 0 amide bonds. The summed E-state index contributed by atoms with van der Waals surface area (Å²) in [5, 5.41) is 0. The van der Waals surface area contributed by atoms with E-state index < -0.39 is 17.3 Å². The first kappa shape index (κ1) is 18.5. The molecule has 1 atom stereocenters. The van der Waals surface area contributed by atoms with Crippen molar-refractivity contribution < 1.29 is 13.2 Å². The molecule has 0 aromatic heterocycles. The molecule has 0 fully saturated rings. The molecule has 0 nitrogen and oxygen atoms in total. The maximum absolute atomic E-state index is 16.0. The lowest BCUT2D eigenvalue weighted by Crippen LogP contribution is -2.24. The highest BCUT2D eigenvalue weighted by atomic mass is 19.1. The number of alkyl halides is 1. The molecule has 0 radical (unpaired) electrons. The Morgan fingerprint density at radius 2 is 1.62 bits per heavy atom. The highest BCUT2D eigenvalue weighted by molar-refractivity contribution is 5.77. The number of allylic oxidation sites excluding steroid dienone is 4. The number of hydrogen-bond acceptors (Lipinski definition) is 0. The summed E-state index contributed by atoms with van der Waals surface area (Å²) in [5.74, 6) is -0.865. The second kappa shape index (κ2) is 7.94. The van der Waals surface area contributed by atoms with Crippen LogP contribution >= 0.6 is 0 Å². The van der Waals surface area contributed by atoms with Gasteiger partial charge in [0.05, 0.1) is 0 Å². The van der Waals surface area contributed by atoms with Gasteiger partial charge >= 0.3 is 0 Å². The normalized spacial score (nSPS) is 19.8. The third-order valence-corrected chi connectivity index (χ3v) is 4.92. The Hall–Kier alpha value is -2.29. The Bertz CT molecular complexity index is 800. The molecule has 136 valence electrons. The summed E-state index contributed by atoms with van der Waals surface area (Å²) in [6.45, 7) is 2.16. The third-order valence-electron chi connectivity index (χ3n) is 4.92. The zero-order chi connectivity index (χ0) is 18.6. The Morgan fingerprint density at radius 3 is 2.27 bits per heavy atom. The molecule has 3 rings (SSSR count). The van der Waals surface area contributed by atoms with Crippen LogP contribution < -0.4 is 0 Å². The van der Waals surface area contributed by atoms with Crippen LogP contribution in [0.5, 0.6) is 0 Å². The lowest BCUT2D eigenvalue weighted by atomic mass is 9.78. The van der Waals surface area contributed by atoms with Crippen LogP contribution in [0.15, 0.2) is 66.5 Å². The Kier molecular flexibility index (Phi) is 5.65. The van der Waals surface area contributed by atoms with Crippen molar-refractivity contribution in [3.63, 3.8) is 0 Å². The summed E-state index contributed by atoms with van der Waals surface area (Å²) < 4.78 is 43.1. The van der Waals surface area contributed by atoms with Crippen molar-refractivity contribution in [2.75, 3.05) is 0 Å². The predicted octanol–water partition coefficient (Wildman–Crippen LogP) is 7.06. The molecule has 0 N–H and O–H groups in total. The Balaban J connectivity index is 1.91. The standard InChI is InChI=1S/C23H23F3/c1-2-3-4-5-17-6-10-19(11-7-17)23(26)15-14-21(25)16-22(23)18-8-12-20(24)13-9-18/h6-14,16H,2-5,15H2,1H3. The zero-order valence-electron chi connectivity index (χ0n) is 14.9. The van der Waals surface area contributed by atoms with Crippen LogP contribution in [0.3, 0.4) is 0 Å². The molecule has 0 aliphatic heterocycles. The van der Waals surface area contributed by atoms with Crippen molar-refractivity contribution in [2.24, 2.45) is 0 Å². The van der Waals surface area contributed by atoms with E-state index in [9.17, 15) is 8.78 Å². The molecule has 0 saturated heterocycles. The minimum atomic E-state index is -1.82. The second-order valence-electron chi connectivity index (χ2n) is 6.81. The van der Waals surface area contributed by atoms with Gasteiger partial charge in [-0.2, -0.15) is 0 Å². The number of benzene rings is 2. The quantitative estimate of drug-likeness (QED) is 0.486. The van der Waals surface area contributed by atoms with Crippen molar-refractivity contribution >= 4 is 5.57 Å². The van der Waals surface area contributed by atoms with Gasteiger partial charge in [0, 0.05) is 12.0 Å². The fourth-order valence-electron chi connectivity index (χ4n) is 3.39. The summed E-state index contributed by atoms with van der Waals surface area (Å²) in [4.78, 5) is 0. The molecule has 1 unspecified atom stereocenters. The van der Waals surface area contributed by atoms with Crippen LogP contribution in [0.4, 0.5) is 13.2 Å². The number of rotatable bonds is 6. The van der Waals surface area contributed by atoms with Crippen molar-refractivity contribution in [3.05, 3.63) is 89.0 Å². The van der Waals surface area contributed by atoms with Gasteiger partial charge in [0.2, 0.25) is 0 Å². The molecule has 2 aromatic rings. The average molecular weight is 356 g/mol. The molecule has 0 saturated carbocycles. The summed E-state index contributed by atoms with van der Waals surface area (Å²) in [6, 6.07) is 13.0.